The molecule has 6 heteroatoms. The fourth-order valence-corrected chi connectivity index (χ4v) is 2.85. The van der Waals surface area contributed by atoms with E-state index in [9.17, 15) is 14.0 Å². The van der Waals surface area contributed by atoms with Crippen LogP contribution in [0.2, 0.25) is 5.02 Å². The van der Waals surface area contributed by atoms with Gasteiger partial charge in [0.25, 0.3) is 5.91 Å². The van der Waals surface area contributed by atoms with Gasteiger partial charge in [-0.05, 0) is 75.9 Å². The molecule has 0 heterocycles. The van der Waals surface area contributed by atoms with E-state index in [2.05, 4.69) is 5.43 Å². The fraction of sp³-hybridized carbons (Fsp3) is 0.364. The Bertz CT molecular complexity index is 816. The van der Waals surface area contributed by atoms with Crippen LogP contribution >= 0.6 is 11.6 Å². The van der Waals surface area contributed by atoms with E-state index in [0.717, 1.165) is 12.8 Å². The molecule has 1 N–H and O–H groups in total. The SMILES string of the molecule is CC(C)(C)N(NC(=O)CCCCc1ccc(Cl)cc1)C(=O)c1cccc(F)c1. The molecule has 0 saturated heterocycles. The lowest BCUT2D eigenvalue weighted by Gasteiger charge is -2.35. The van der Waals surface area contributed by atoms with Crippen LogP contribution in [-0.2, 0) is 11.2 Å². The summed E-state index contributed by atoms with van der Waals surface area (Å²) in [5.74, 6) is -1.18. The maximum absolute atomic E-state index is 13.5. The number of nitrogens with one attached hydrogen (secondary N) is 1. The van der Waals surface area contributed by atoms with Crippen LogP contribution in [0.25, 0.3) is 0 Å². The number of hydrogen-bond acceptors (Lipinski definition) is 2. The van der Waals surface area contributed by atoms with Crippen LogP contribution in [0.3, 0.4) is 0 Å². The van der Waals surface area contributed by atoms with Gasteiger partial charge in [0.2, 0.25) is 5.91 Å². The number of unbranched alkanes of at least 4 members (excludes halogenated alkanes) is 1. The smallest absolute Gasteiger partial charge is 0.272 e. The molecule has 150 valence electrons. The van der Waals surface area contributed by atoms with Crippen LogP contribution in [0.4, 0.5) is 4.39 Å². The Morgan fingerprint density at radius 1 is 1.07 bits per heavy atom. The molecule has 0 aliphatic carbocycles. The zero-order chi connectivity index (χ0) is 20.7. The van der Waals surface area contributed by atoms with E-state index in [-0.39, 0.29) is 11.5 Å². The van der Waals surface area contributed by atoms with Gasteiger partial charge >= 0.3 is 0 Å². The standard InChI is InChI=1S/C22H26ClFN2O2/c1-22(2,3)26(21(28)17-8-6-9-19(24)15-17)25-20(27)10-5-4-7-16-11-13-18(23)14-12-16/h6,8-9,11-15H,4-5,7,10H2,1-3H3,(H,25,27). The third-order valence-electron chi connectivity index (χ3n) is 4.21. The predicted molar refractivity (Wildman–Crippen MR) is 109 cm³/mol. The summed E-state index contributed by atoms with van der Waals surface area (Å²) in [6.45, 7) is 5.43. The van der Waals surface area contributed by atoms with Gasteiger partial charge in [0, 0.05) is 17.0 Å². The normalized spacial score (nSPS) is 11.2. The van der Waals surface area contributed by atoms with Crippen LogP contribution in [0.15, 0.2) is 48.5 Å². The molecule has 2 aromatic carbocycles. The van der Waals surface area contributed by atoms with E-state index in [4.69, 9.17) is 11.6 Å². The van der Waals surface area contributed by atoms with Crippen LogP contribution in [0.5, 0.6) is 0 Å². The number of amides is 2. The molecule has 2 rings (SSSR count). The third kappa shape index (κ3) is 6.64. The monoisotopic (exact) mass is 404 g/mol. The van der Waals surface area contributed by atoms with Gasteiger partial charge in [-0.25, -0.2) is 9.40 Å². The molecule has 2 aromatic rings. The van der Waals surface area contributed by atoms with Gasteiger partial charge in [-0.15, -0.1) is 0 Å². The minimum Gasteiger partial charge on any atom is -0.273 e. The molecular formula is C22H26ClFN2O2. The van der Waals surface area contributed by atoms with Gasteiger partial charge in [-0.3, -0.25) is 15.0 Å². The second-order valence-electron chi connectivity index (χ2n) is 7.69. The number of aryl methyl sites for hydroxylation is 1. The first kappa shape index (κ1) is 21.9. The minimum atomic E-state index is -0.650. The summed E-state index contributed by atoms with van der Waals surface area (Å²) in [5.41, 5.74) is 3.40. The van der Waals surface area contributed by atoms with E-state index in [1.807, 2.05) is 45.0 Å². The Morgan fingerprint density at radius 3 is 2.36 bits per heavy atom. The summed E-state index contributed by atoms with van der Waals surface area (Å²) in [7, 11) is 0. The maximum Gasteiger partial charge on any atom is 0.272 e. The zero-order valence-electron chi connectivity index (χ0n) is 16.5. The first-order valence-corrected chi connectivity index (χ1v) is 9.68. The van der Waals surface area contributed by atoms with E-state index in [1.54, 1.807) is 0 Å². The molecule has 0 aliphatic heterocycles. The van der Waals surface area contributed by atoms with Crippen molar-refractivity contribution < 1.29 is 14.0 Å². The van der Waals surface area contributed by atoms with E-state index in [1.165, 1.54) is 34.8 Å². The van der Waals surface area contributed by atoms with Gasteiger partial charge in [0.1, 0.15) is 5.82 Å². The number of benzene rings is 2. The molecule has 0 fully saturated rings. The van der Waals surface area contributed by atoms with Crippen molar-refractivity contribution in [2.24, 2.45) is 0 Å². The van der Waals surface area contributed by atoms with Crippen LogP contribution < -0.4 is 5.43 Å². The number of hydrazine groups is 1. The van der Waals surface area contributed by atoms with Crippen molar-refractivity contribution in [2.75, 3.05) is 0 Å². The highest BCUT2D eigenvalue weighted by Gasteiger charge is 2.29. The highest BCUT2D eigenvalue weighted by molar-refractivity contribution is 6.30. The number of halogens is 2. The summed E-state index contributed by atoms with van der Waals surface area (Å²) in [4.78, 5) is 25.1. The summed E-state index contributed by atoms with van der Waals surface area (Å²) in [5, 5.41) is 1.97. The Labute approximate surface area is 170 Å². The van der Waals surface area contributed by atoms with E-state index < -0.39 is 17.3 Å². The first-order chi connectivity index (χ1) is 13.2. The summed E-state index contributed by atoms with van der Waals surface area (Å²) in [6.07, 6.45) is 2.70. The van der Waals surface area contributed by atoms with Crippen molar-refractivity contribution in [3.8, 4) is 0 Å². The van der Waals surface area contributed by atoms with Crippen molar-refractivity contribution in [2.45, 2.75) is 52.0 Å². The topological polar surface area (TPSA) is 49.4 Å². The van der Waals surface area contributed by atoms with Crippen LogP contribution in [0.1, 0.15) is 56.0 Å². The Kier molecular flexibility index (Phi) is 7.58. The molecular weight excluding hydrogens is 379 g/mol. The van der Waals surface area contributed by atoms with Crippen LogP contribution in [-0.4, -0.2) is 22.4 Å². The number of rotatable bonds is 6. The molecule has 4 nitrogen and oxygen atoms in total. The van der Waals surface area contributed by atoms with Crippen molar-refractivity contribution >= 4 is 23.4 Å². The van der Waals surface area contributed by atoms with Gasteiger partial charge < -0.3 is 0 Å². The number of hydrogen-bond donors (Lipinski definition) is 1. The number of carbonyl (C=O) groups excluding carboxylic acids is 2. The highest BCUT2D eigenvalue weighted by Crippen LogP contribution is 2.17. The van der Waals surface area contributed by atoms with Crippen molar-refractivity contribution in [3.63, 3.8) is 0 Å². The van der Waals surface area contributed by atoms with Gasteiger partial charge in [-0.2, -0.15) is 0 Å². The summed E-state index contributed by atoms with van der Waals surface area (Å²) in [6, 6.07) is 13.1. The Morgan fingerprint density at radius 2 is 1.75 bits per heavy atom. The summed E-state index contributed by atoms with van der Waals surface area (Å²) >= 11 is 5.87. The molecule has 0 atom stereocenters. The first-order valence-electron chi connectivity index (χ1n) is 9.31. The average Bonchev–Trinajstić information content (AvgIpc) is 2.63. The molecule has 0 saturated carbocycles. The third-order valence-corrected chi connectivity index (χ3v) is 4.47. The Balaban J connectivity index is 1.90. The lowest BCUT2D eigenvalue weighted by Crippen LogP contribution is -2.55. The lowest BCUT2D eigenvalue weighted by atomic mass is 10.1. The van der Waals surface area contributed by atoms with E-state index in [0.29, 0.717) is 17.9 Å². The van der Waals surface area contributed by atoms with Gasteiger partial charge in [0.05, 0.1) is 5.54 Å². The zero-order valence-corrected chi connectivity index (χ0v) is 17.2. The Hall–Kier alpha value is -2.40. The lowest BCUT2D eigenvalue weighted by molar-refractivity contribution is -0.127. The van der Waals surface area contributed by atoms with Crippen molar-refractivity contribution in [1.29, 1.82) is 0 Å². The summed E-state index contributed by atoms with van der Waals surface area (Å²) < 4.78 is 13.5. The quantitative estimate of drug-likeness (QED) is 0.533. The average molecular weight is 405 g/mol. The van der Waals surface area contributed by atoms with Crippen molar-refractivity contribution in [1.82, 2.24) is 10.4 Å². The van der Waals surface area contributed by atoms with Crippen molar-refractivity contribution in [3.05, 3.63) is 70.5 Å². The largest absolute Gasteiger partial charge is 0.273 e. The molecule has 2 amide bonds. The molecule has 0 aliphatic rings. The molecule has 0 unspecified atom stereocenters. The minimum absolute atomic E-state index is 0.193. The molecule has 28 heavy (non-hydrogen) atoms. The molecule has 0 aromatic heterocycles. The van der Waals surface area contributed by atoms with E-state index >= 15 is 0 Å². The molecule has 0 bridgehead atoms. The maximum atomic E-state index is 13.5. The fourth-order valence-electron chi connectivity index (χ4n) is 2.72. The van der Waals surface area contributed by atoms with Gasteiger partial charge in [-0.1, -0.05) is 29.8 Å². The predicted octanol–water partition coefficient (Wildman–Crippen LogP) is 5.16. The number of nitrogens with zero attached hydrogens (tertiary/aromatic N) is 1. The van der Waals surface area contributed by atoms with Gasteiger partial charge in [0.15, 0.2) is 0 Å². The number of carbonyl (C=O) groups is 2. The highest BCUT2D eigenvalue weighted by atomic mass is 35.5. The molecule has 0 spiro atoms. The molecule has 0 radical (unpaired) electrons. The second-order valence-corrected chi connectivity index (χ2v) is 8.13. The van der Waals surface area contributed by atoms with Crippen LogP contribution in [0, 0.1) is 5.82 Å². The second kappa shape index (κ2) is 9.69.